The van der Waals surface area contributed by atoms with Crippen LogP contribution < -0.4 is 15.5 Å². The quantitative estimate of drug-likeness (QED) is 0.695. The predicted octanol–water partition coefficient (Wildman–Crippen LogP) is 1.43. The molecule has 1 unspecified atom stereocenters. The normalized spacial score (nSPS) is 16.8. The maximum Gasteiger partial charge on any atom is 0.329 e. The summed E-state index contributed by atoms with van der Waals surface area (Å²) >= 11 is 0. The molecule has 26 heavy (non-hydrogen) atoms. The van der Waals surface area contributed by atoms with E-state index in [1.165, 1.54) is 4.52 Å². The minimum absolute atomic E-state index is 0.170. The summed E-state index contributed by atoms with van der Waals surface area (Å²) in [6, 6.07) is 8.71. The standard InChI is InChI=1S/C17H14N6O3/c1-10-16(25)23(17(26)19-10)13-6-3-2-5-11(13)20-15(24)12-9-14-18-7-4-8-22(14)21-12/h2-10H,1H3,(H,19,26)(H,20,24). The lowest BCUT2D eigenvalue weighted by Crippen LogP contribution is -2.32. The van der Waals surface area contributed by atoms with Crippen LogP contribution in [0.3, 0.4) is 0 Å². The van der Waals surface area contributed by atoms with Gasteiger partial charge in [-0.3, -0.25) is 9.59 Å². The van der Waals surface area contributed by atoms with Crippen molar-refractivity contribution in [2.45, 2.75) is 13.0 Å². The molecule has 3 heterocycles. The van der Waals surface area contributed by atoms with E-state index < -0.39 is 18.0 Å². The Hall–Kier alpha value is -3.75. The largest absolute Gasteiger partial charge is 0.329 e. The van der Waals surface area contributed by atoms with Crippen LogP contribution in [0.15, 0.2) is 48.8 Å². The van der Waals surface area contributed by atoms with Gasteiger partial charge in [0.25, 0.3) is 11.8 Å². The molecule has 2 aromatic heterocycles. The van der Waals surface area contributed by atoms with Crippen LogP contribution in [0.1, 0.15) is 17.4 Å². The van der Waals surface area contributed by atoms with Gasteiger partial charge < -0.3 is 10.6 Å². The summed E-state index contributed by atoms with van der Waals surface area (Å²) in [5.74, 6) is -0.850. The molecule has 4 rings (SSSR count). The van der Waals surface area contributed by atoms with Crippen LogP contribution in [-0.2, 0) is 4.79 Å². The second-order valence-corrected chi connectivity index (χ2v) is 5.77. The number of carbonyl (C=O) groups is 3. The number of fused-ring (bicyclic) bond motifs is 1. The molecule has 0 aliphatic carbocycles. The molecule has 9 nitrogen and oxygen atoms in total. The highest BCUT2D eigenvalue weighted by Crippen LogP contribution is 2.28. The Labute approximate surface area is 147 Å². The van der Waals surface area contributed by atoms with Crippen molar-refractivity contribution in [3.8, 4) is 0 Å². The molecule has 0 radical (unpaired) electrons. The third-order valence-corrected chi connectivity index (χ3v) is 4.00. The fourth-order valence-corrected chi connectivity index (χ4v) is 2.74. The summed E-state index contributed by atoms with van der Waals surface area (Å²) in [7, 11) is 0. The maximum absolute atomic E-state index is 12.6. The Bertz CT molecular complexity index is 1010. The van der Waals surface area contributed by atoms with Crippen LogP contribution in [0.2, 0.25) is 0 Å². The van der Waals surface area contributed by atoms with Crippen molar-refractivity contribution in [3.63, 3.8) is 0 Å². The summed E-state index contributed by atoms with van der Waals surface area (Å²) in [5, 5.41) is 9.41. The summed E-state index contributed by atoms with van der Waals surface area (Å²) in [6.45, 7) is 1.60. The molecule has 4 amide bonds. The van der Waals surface area contributed by atoms with Crippen molar-refractivity contribution in [2.24, 2.45) is 0 Å². The zero-order valence-corrected chi connectivity index (χ0v) is 13.7. The van der Waals surface area contributed by atoms with E-state index in [-0.39, 0.29) is 11.6 Å². The number of nitrogens with one attached hydrogen (secondary N) is 2. The molecule has 1 saturated heterocycles. The first-order valence-corrected chi connectivity index (χ1v) is 7.90. The summed E-state index contributed by atoms with van der Waals surface area (Å²) in [4.78, 5) is 42.0. The summed E-state index contributed by atoms with van der Waals surface area (Å²) in [5.41, 5.74) is 1.34. The molecular weight excluding hydrogens is 336 g/mol. The number of aromatic nitrogens is 3. The van der Waals surface area contributed by atoms with Gasteiger partial charge in [-0.2, -0.15) is 5.10 Å². The summed E-state index contributed by atoms with van der Waals surface area (Å²) < 4.78 is 1.49. The van der Waals surface area contributed by atoms with E-state index in [0.717, 1.165) is 4.90 Å². The highest BCUT2D eigenvalue weighted by atomic mass is 16.2. The second kappa shape index (κ2) is 5.96. The SMILES string of the molecule is CC1NC(=O)N(c2ccccc2NC(=O)c2cc3ncccn3n2)C1=O. The molecule has 2 N–H and O–H groups in total. The number of amides is 4. The Balaban J connectivity index is 1.65. The monoisotopic (exact) mass is 350 g/mol. The van der Waals surface area contributed by atoms with E-state index >= 15 is 0 Å². The van der Waals surface area contributed by atoms with Crippen LogP contribution in [0, 0.1) is 0 Å². The van der Waals surface area contributed by atoms with Crippen LogP contribution >= 0.6 is 0 Å². The van der Waals surface area contributed by atoms with Crippen LogP contribution in [-0.4, -0.2) is 38.5 Å². The molecule has 9 heteroatoms. The van der Waals surface area contributed by atoms with E-state index in [2.05, 4.69) is 20.7 Å². The molecule has 1 atom stereocenters. The van der Waals surface area contributed by atoms with Gasteiger partial charge in [0.2, 0.25) is 0 Å². The van der Waals surface area contributed by atoms with Gasteiger partial charge >= 0.3 is 6.03 Å². The first-order chi connectivity index (χ1) is 12.5. The molecule has 0 bridgehead atoms. The Morgan fingerprint density at radius 3 is 2.77 bits per heavy atom. The third-order valence-electron chi connectivity index (χ3n) is 4.00. The zero-order valence-electron chi connectivity index (χ0n) is 13.7. The second-order valence-electron chi connectivity index (χ2n) is 5.77. The first kappa shape index (κ1) is 15.8. The van der Waals surface area contributed by atoms with Crippen molar-refractivity contribution in [1.29, 1.82) is 0 Å². The minimum Gasteiger partial charge on any atom is -0.326 e. The van der Waals surface area contributed by atoms with Crippen LogP contribution in [0.5, 0.6) is 0 Å². The number of para-hydroxylation sites is 2. The first-order valence-electron chi connectivity index (χ1n) is 7.90. The van der Waals surface area contributed by atoms with Gasteiger partial charge in [0.15, 0.2) is 11.3 Å². The van der Waals surface area contributed by atoms with E-state index in [9.17, 15) is 14.4 Å². The maximum atomic E-state index is 12.6. The number of hydrogen-bond donors (Lipinski definition) is 2. The lowest BCUT2D eigenvalue weighted by Gasteiger charge is -2.17. The highest BCUT2D eigenvalue weighted by Gasteiger charge is 2.37. The van der Waals surface area contributed by atoms with Crippen molar-refractivity contribution in [3.05, 3.63) is 54.5 Å². The number of carbonyl (C=O) groups excluding carboxylic acids is 3. The molecule has 1 fully saturated rings. The number of benzene rings is 1. The van der Waals surface area contributed by atoms with Gasteiger partial charge in [0.05, 0.1) is 11.4 Å². The number of urea groups is 1. The van der Waals surface area contributed by atoms with E-state index in [1.807, 2.05) is 0 Å². The Morgan fingerprint density at radius 2 is 2.04 bits per heavy atom. The number of anilines is 2. The van der Waals surface area contributed by atoms with Gasteiger partial charge in [-0.15, -0.1) is 0 Å². The number of rotatable bonds is 3. The predicted molar refractivity (Wildman–Crippen MR) is 92.9 cm³/mol. The number of hydrogen-bond acceptors (Lipinski definition) is 5. The van der Waals surface area contributed by atoms with Crippen molar-refractivity contribution in [1.82, 2.24) is 19.9 Å². The Morgan fingerprint density at radius 1 is 1.23 bits per heavy atom. The molecule has 1 aliphatic rings. The van der Waals surface area contributed by atoms with Crippen molar-refractivity contribution < 1.29 is 14.4 Å². The van der Waals surface area contributed by atoms with E-state index in [4.69, 9.17) is 0 Å². The van der Waals surface area contributed by atoms with Crippen LogP contribution in [0.25, 0.3) is 5.65 Å². The van der Waals surface area contributed by atoms with Gasteiger partial charge in [0, 0.05) is 18.5 Å². The molecule has 0 spiro atoms. The molecular formula is C17H14N6O3. The third kappa shape index (κ3) is 2.55. The van der Waals surface area contributed by atoms with Crippen molar-refractivity contribution >= 4 is 34.9 Å². The number of nitrogens with zero attached hydrogens (tertiary/aromatic N) is 4. The molecule has 3 aromatic rings. The number of imide groups is 1. The Kier molecular flexibility index (Phi) is 3.61. The topological polar surface area (TPSA) is 109 Å². The van der Waals surface area contributed by atoms with Gasteiger partial charge in [0.1, 0.15) is 6.04 Å². The van der Waals surface area contributed by atoms with Crippen molar-refractivity contribution in [2.75, 3.05) is 10.2 Å². The fourth-order valence-electron chi connectivity index (χ4n) is 2.74. The molecule has 1 aromatic carbocycles. The van der Waals surface area contributed by atoms with E-state index in [1.54, 1.807) is 55.7 Å². The smallest absolute Gasteiger partial charge is 0.326 e. The lowest BCUT2D eigenvalue weighted by atomic mass is 10.2. The fraction of sp³-hybridized carbons (Fsp3) is 0.118. The molecule has 0 saturated carbocycles. The van der Waals surface area contributed by atoms with Gasteiger partial charge in [-0.05, 0) is 25.1 Å². The minimum atomic E-state index is -0.615. The summed E-state index contributed by atoms with van der Waals surface area (Å²) in [6.07, 6.45) is 3.29. The van der Waals surface area contributed by atoms with E-state index in [0.29, 0.717) is 17.0 Å². The highest BCUT2D eigenvalue weighted by molar-refractivity contribution is 6.23. The lowest BCUT2D eigenvalue weighted by molar-refractivity contribution is -0.117. The van der Waals surface area contributed by atoms with Gasteiger partial charge in [-0.1, -0.05) is 12.1 Å². The average Bonchev–Trinajstić information content (AvgIpc) is 3.17. The molecule has 1 aliphatic heterocycles. The van der Waals surface area contributed by atoms with Gasteiger partial charge in [-0.25, -0.2) is 19.2 Å². The average molecular weight is 350 g/mol. The van der Waals surface area contributed by atoms with Crippen LogP contribution in [0.4, 0.5) is 16.2 Å². The zero-order chi connectivity index (χ0) is 18.3. The molecule has 130 valence electrons.